The lowest BCUT2D eigenvalue weighted by atomic mass is 10.0. The van der Waals surface area contributed by atoms with E-state index >= 15 is 0 Å². The number of hydrogen-bond acceptors (Lipinski definition) is 2. The standard InChI is InChI=1S/C17H27N3O/c1-13-5-4-10-20(12-13)17(18)19-9-8-15-7-6-14(2)16(11-15)21-3/h6-7,11,13H,4-5,8-10,12H2,1-3H3,(H2,18,19). The minimum atomic E-state index is 0.695. The van der Waals surface area contributed by atoms with Crippen molar-refractivity contribution in [1.82, 2.24) is 4.90 Å². The van der Waals surface area contributed by atoms with Crippen LogP contribution in [-0.4, -0.2) is 37.6 Å². The molecule has 21 heavy (non-hydrogen) atoms. The third kappa shape index (κ3) is 4.38. The maximum atomic E-state index is 6.11. The van der Waals surface area contributed by atoms with Gasteiger partial charge in [-0.3, -0.25) is 4.99 Å². The molecule has 1 atom stereocenters. The summed E-state index contributed by atoms with van der Waals surface area (Å²) in [4.78, 5) is 6.75. The number of likely N-dealkylation sites (tertiary alicyclic amines) is 1. The van der Waals surface area contributed by atoms with Gasteiger partial charge in [0.1, 0.15) is 5.75 Å². The first-order valence-corrected chi connectivity index (χ1v) is 7.78. The van der Waals surface area contributed by atoms with Crippen LogP contribution in [-0.2, 0) is 6.42 Å². The minimum absolute atomic E-state index is 0.695. The van der Waals surface area contributed by atoms with Crippen LogP contribution in [0, 0.1) is 12.8 Å². The molecule has 0 radical (unpaired) electrons. The summed E-state index contributed by atoms with van der Waals surface area (Å²) in [6.45, 7) is 7.13. The lowest BCUT2D eigenvalue weighted by molar-refractivity contribution is 0.270. The number of nitrogens with zero attached hydrogens (tertiary/aromatic N) is 2. The number of rotatable bonds is 4. The van der Waals surface area contributed by atoms with E-state index in [0.717, 1.165) is 37.4 Å². The highest BCUT2D eigenvalue weighted by atomic mass is 16.5. The van der Waals surface area contributed by atoms with Crippen LogP contribution in [0.1, 0.15) is 30.9 Å². The largest absolute Gasteiger partial charge is 0.496 e. The molecule has 4 heteroatoms. The highest BCUT2D eigenvalue weighted by Gasteiger charge is 2.17. The maximum absolute atomic E-state index is 6.11. The molecule has 2 N–H and O–H groups in total. The van der Waals surface area contributed by atoms with E-state index in [2.05, 4.69) is 41.9 Å². The Bertz CT molecular complexity index is 499. The van der Waals surface area contributed by atoms with Gasteiger partial charge in [-0.05, 0) is 49.3 Å². The quantitative estimate of drug-likeness (QED) is 0.684. The number of ether oxygens (including phenoxy) is 1. The van der Waals surface area contributed by atoms with Gasteiger partial charge in [-0.1, -0.05) is 19.1 Å². The lowest BCUT2D eigenvalue weighted by Crippen LogP contribution is -2.43. The highest BCUT2D eigenvalue weighted by molar-refractivity contribution is 5.78. The molecule has 1 heterocycles. The van der Waals surface area contributed by atoms with Gasteiger partial charge in [0.2, 0.25) is 0 Å². The van der Waals surface area contributed by atoms with Gasteiger partial charge in [0, 0.05) is 19.6 Å². The second-order valence-corrected chi connectivity index (χ2v) is 5.99. The predicted octanol–water partition coefficient (Wildman–Crippen LogP) is 2.59. The normalized spacial score (nSPS) is 19.7. The molecule has 116 valence electrons. The number of guanidine groups is 1. The first-order chi connectivity index (χ1) is 10.1. The van der Waals surface area contributed by atoms with Gasteiger partial charge in [-0.2, -0.15) is 0 Å². The molecule has 0 aliphatic carbocycles. The third-order valence-electron chi connectivity index (χ3n) is 4.13. The fraction of sp³-hybridized carbons (Fsp3) is 0.588. The summed E-state index contributed by atoms with van der Waals surface area (Å²) in [6.07, 6.45) is 3.40. The van der Waals surface area contributed by atoms with E-state index in [0.29, 0.717) is 11.9 Å². The first-order valence-electron chi connectivity index (χ1n) is 7.78. The van der Waals surface area contributed by atoms with Crippen LogP contribution in [0.25, 0.3) is 0 Å². The van der Waals surface area contributed by atoms with Crippen LogP contribution in [0.2, 0.25) is 0 Å². The summed E-state index contributed by atoms with van der Waals surface area (Å²) in [5, 5.41) is 0. The Balaban J connectivity index is 1.89. The zero-order chi connectivity index (χ0) is 15.2. The molecule has 1 aromatic carbocycles. The van der Waals surface area contributed by atoms with Gasteiger partial charge >= 0.3 is 0 Å². The monoisotopic (exact) mass is 289 g/mol. The van der Waals surface area contributed by atoms with Crippen LogP contribution in [0.4, 0.5) is 0 Å². The molecule has 0 spiro atoms. The van der Waals surface area contributed by atoms with Crippen LogP contribution >= 0.6 is 0 Å². The second kappa shape index (κ2) is 7.34. The van der Waals surface area contributed by atoms with Gasteiger partial charge in [0.05, 0.1) is 7.11 Å². The van der Waals surface area contributed by atoms with Crippen molar-refractivity contribution < 1.29 is 4.74 Å². The number of hydrogen-bond donors (Lipinski definition) is 1. The van der Waals surface area contributed by atoms with Crippen molar-refractivity contribution in [3.8, 4) is 5.75 Å². The molecule has 1 saturated heterocycles. The molecule has 1 unspecified atom stereocenters. The lowest BCUT2D eigenvalue weighted by Gasteiger charge is -2.31. The van der Waals surface area contributed by atoms with Gasteiger partial charge in [0.25, 0.3) is 0 Å². The van der Waals surface area contributed by atoms with E-state index in [1.165, 1.54) is 18.4 Å². The average molecular weight is 289 g/mol. The van der Waals surface area contributed by atoms with Crippen LogP contribution < -0.4 is 10.5 Å². The first kappa shape index (κ1) is 15.7. The summed E-state index contributed by atoms with van der Waals surface area (Å²) in [5.74, 6) is 2.35. The number of piperidine rings is 1. The Hall–Kier alpha value is -1.71. The van der Waals surface area contributed by atoms with E-state index in [1.54, 1.807) is 7.11 Å². The maximum Gasteiger partial charge on any atom is 0.191 e. The van der Waals surface area contributed by atoms with Crippen molar-refractivity contribution >= 4 is 5.96 Å². The topological polar surface area (TPSA) is 50.9 Å². The van der Waals surface area contributed by atoms with E-state index in [1.807, 2.05) is 0 Å². The summed E-state index contributed by atoms with van der Waals surface area (Å²) >= 11 is 0. The van der Waals surface area contributed by atoms with Gasteiger partial charge in [-0.25, -0.2) is 0 Å². The molecular formula is C17H27N3O. The van der Waals surface area contributed by atoms with E-state index in [9.17, 15) is 0 Å². The Morgan fingerprint density at radius 1 is 1.48 bits per heavy atom. The van der Waals surface area contributed by atoms with Crippen LogP contribution in [0.5, 0.6) is 5.75 Å². The SMILES string of the molecule is COc1cc(CCN=C(N)N2CCCC(C)C2)ccc1C. The molecular weight excluding hydrogens is 262 g/mol. The number of benzene rings is 1. The number of nitrogens with two attached hydrogens (primary N) is 1. The molecule has 0 saturated carbocycles. The van der Waals surface area contributed by atoms with E-state index in [4.69, 9.17) is 10.5 Å². The Morgan fingerprint density at radius 2 is 2.29 bits per heavy atom. The number of aryl methyl sites for hydroxylation is 1. The van der Waals surface area contributed by atoms with E-state index < -0.39 is 0 Å². The van der Waals surface area contributed by atoms with Crippen molar-refractivity contribution in [2.24, 2.45) is 16.6 Å². The van der Waals surface area contributed by atoms with Gasteiger partial charge < -0.3 is 15.4 Å². The van der Waals surface area contributed by atoms with Crippen molar-refractivity contribution in [3.05, 3.63) is 29.3 Å². The van der Waals surface area contributed by atoms with Crippen molar-refractivity contribution in [2.45, 2.75) is 33.1 Å². The Morgan fingerprint density at radius 3 is 3.00 bits per heavy atom. The zero-order valence-electron chi connectivity index (χ0n) is 13.4. The van der Waals surface area contributed by atoms with Crippen molar-refractivity contribution in [1.29, 1.82) is 0 Å². The van der Waals surface area contributed by atoms with E-state index in [-0.39, 0.29) is 0 Å². The van der Waals surface area contributed by atoms with Crippen LogP contribution in [0.3, 0.4) is 0 Å². The summed E-state index contributed by atoms with van der Waals surface area (Å²) < 4.78 is 5.35. The summed E-state index contributed by atoms with van der Waals surface area (Å²) in [7, 11) is 1.71. The molecule has 0 aromatic heterocycles. The molecule has 0 bridgehead atoms. The zero-order valence-corrected chi connectivity index (χ0v) is 13.4. The third-order valence-corrected chi connectivity index (χ3v) is 4.13. The molecule has 1 fully saturated rings. The van der Waals surface area contributed by atoms with Crippen molar-refractivity contribution in [2.75, 3.05) is 26.7 Å². The summed E-state index contributed by atoms with van der Waals surface area (Å²) in [6, 6.07) is 6.31. The minimum Gasteiger partial charge on any atom is -0.496 e. The Kier molecular flexibility index (Phi) is 5.48. The smallest absolute Gasteiger partial charge is 0.191 e. The Labute approximate surface area is 128 Å². The fourth-order valence-corrected chi connectivity index (χ4v) is 2.82. The van der Waals surface area contributed by atoms with Gasteiger partial charge in [0.15, 0.2) is 5.96 Å². The average Bonchev–Trinajstić information content (AvgIpc) is 2.48. The van der Waals surface area contributed by atoms with Crippen LogP contribution in [0.15, 0.2) is 23.2 Å². The second-order valence-electron chi connectivity index (χ2n) is 5.99. The molecule has 2 rings (SSSR count). The fourth-order valence-electron chi connectivity index (χ4n) is 2.82. The highest BCUT2D eigenvalue weighted by Crippen LogP contribution is 2.19. The molecule has 1 aliphatic rings. The number of methoxy groups -OCH3 is 1. The number of aliphatic imine (C=N–C) groups is 1. The molecule has 0 amide bonds. The molecule has 1 aliphatic heterocycles. The van der Waals surface area contributed by atoms with Gasteiger partial charge in [-0.15, -0.1) is 0 Å². The molecule has 1 aromatic rings. The molecule has 4 nitrogen and oxygen atoms in total. The van der Waals surface area contributed by atoms with Crippen molar-refractivity contribution in [3.63, 3.8) is 0 Å². The summed E-state index contributed by atoms with van der Waals surface area (Å²) in [5.41, 5.74) is 8.50. The predicted molar refractivity (Wildman–Crippen MR) is 87.9 cm³/mol.